The Balaban J connectivity index is 2.35. The van der Waals surface area contributed by atoms with Gasteiger partial charge in [0.05, 0.1) is 11.0 Å². The second-order valence-corrected chi connectivity index (χ2v) is 4.43. The molecule has 110 valence electrons. The van der Waals surface area contributed by atoms with Crippen LogP contribution in [0.1, 0.15) is 18.5 Å². The first-order valence-corrected chi connectivity index (χ1v) is 6.04. The van der Waals surface area contributed by atoms with Crippen molar-refractivity contribution in [2.24, 2.45) is 0 Å². The summed E-state index contributed by atoms with van der Waals surface area (Å²) in [7, 11) is 0. The number of nitrogens with one attached hydrogen (secondary N) is 1. The summed E-state index contributed by atoms with van der Waals surface area (Å²) in [4.78, 5) is 10.2. The van der Waals surface area contributed by atoms with E-state index in [4.69, 9.17) is 0 Å². The molecule has 21 heavy (non-hydrogen) atoms. The molecular weight excluding hydrogens is 285 g/mol. The second-order valence-electron chi connectivity index (χ2n) is 4.43. The van der Waals surface area contributed by atoms with E-state index in [0.29, 0.717) is 0 Å². The van der Waals surface area contributed by atoms with Crippen molar-refractivity contribution >= 4 is 11.4 Å². The molecule has 0 bridgehead atoms. The Bertz CT molecular complexity index is 692. The van der Waals surface area contributed by atoms with Crippen molar-refractivity contribution < 1.29 is 18.1 Å². The van der Waals surface area contributed by atoms with Gasteiger partial charge in [-0.05, 0) is 19.1 Å². The maximum absolute atomic E-state index is 13.7. The van der Waals surface area contributed by atoms with Gasteiger partial charge in [-0.25, -0.2) is 13.2 Å². The molecule has 0 saturated heterocycles. The predicted octanol–water partition coefficient (Wildman–Crippen LogP) is 4.19. The highest BCUT2D eigenvalue weighted by molar-refractivity contribution is 5.62. The fraction of sp³-hybridized carbons (Fsp3) is 0.143. The van der Waals surface area contributed by atoms with Crippen LogP contribution in [0.5, 0.6) is 0 Å². The van der Waals surface area contributed by atoms with Gasteiger partial charge in [0.2, 0.25) is 0 Å². The number of benzene rings is 2. The molecule has 1 unspecified atom stereocenters. The van der Waals surface area contributed by atoms with Gasteiger partial charge in [-0.1, -0.05) is 12.1 Å². The molecule has 0 heterocycles. The first kappa shape index (κ1) is 14.8. The van der Waals surface area contributed by atoms with E-state index in [-0.39, 0.29) is 16.9 Å². The lowest BCUT2D eigenvalue weighted by molar-refractivity contribution is -0.384. The lowest BCUT2D eigenvalue weighted by atomic mass is 10.1. The molecule has 2 rings (SSSR count). The van der Waals surface area contributed by atoms with E-state index in [9.17, 15) is 23.3 Å². The van der Waals surface area contributed by atoms with Gasteiger partial charge in [0.15, 0.2) is 11.6 Å². The lowest BCUT2D eigenvalue weighted by Crippen LogP contribution is -2.11. The summed E-state index contributed by atoms with van der Waals surface area (Å²) in [6.07, 6.45) is 0. The second kappa shape index (κ2) is 5.82. The van der Waals surface area contributed by atoms with Crippen molar-refractivity contribution in [3.05, 3.63) is 69.5 Å². The van der Waals surface area contributed by atoms with Crippen molar-refractivity contribution in [3.63, 3.8) is 0 Å². The summed E-state index contributed by atoms with van der Waals surface area (Å²) < 4.78 is 40.1. The number of halogens is 3. The minimum atomic E-state index is -1.04. The first-order valence-electron chi connectivity index (χ1n) is 6.04. The standard InChI is InChI=1S/C14H11F3N2O2/c1-8(10-3-2-4-11(16)14(10)17)18-12-7-9(15)5-6-13(12)19(20)21/h2-8,18H,1H3. The molecule has 0 radical (unpaired) electrons. The molecule has 1 atom stereocenters. The molecular formula is C14H11F3N2O2. The summed E-state index contributed by atoms with van der Waals surface area (Å²) in [6, 6.07) is 5.76. The van der Waals surface area contributed by atoms with Gasteiger partial charge in [-0.15, -0.1) is 0 Å². The topological polar surface area (TPSA) is 55.2 Å². The maximum Gasteiger partial charge on any atom is 0.292 e. The van der Waals surface area contributed by atoms with Crippen molar-refractivity contribution in [2.45, 2.75) is 13.0 Å². The van der Waals surface area contributed by atoms with Crippen LogP contribution in [0.3, 0.4) is 0 Å². The number of rotatable bonds is 4. The van der Waals surface area contributed by atoms with Gasteiger partial charge in [-0.3, -0.25) is 10.1 Å². The van der Waals surface area contributed by atoms with Crippen LogP contribution >= 0.6 is 0 Å². The van der Waals surface area contributed by atoms with Crippen molar-refractivity contribution in [2.75, 3.05) is 5.32 Å². The minimum absolute atomic E-state index is 0.00596. The number of nitrogens with zero attached hydrogens (tertiary/aromatic N) is 1. The first-order chi connectivity index (χ1) is 9.90. The molecule has 0 aromatic heterocycles. The van der Waals surface area contributed by atoms with Gasteiger partial charge in [0.1, 0.15) is 11.5 Å². The number of hydrogen-bond donors (Lipinski definition) is 1. The fourth-order valence-corrected chi connectivity index (χ4v) is 1.95. The number of anilines is 1. The van der Waals surface area contributed by atoms with Crippen LogP contribution in [-0.4, -0.2) is 4.92 Å². The van der Waals surface area contributed by atoms with Gasteiger partial charge in [0, 0.05) is 17.7 Å². The predicted molar refractivity (Wildman–Crippen MR) is 71.5 cm³/mol. The summed E-state index contributed by atoms with van der Waals surface area (Å²) in [5, 5.41) is 13.5. The third-order valence-corrected chi connectivity index (χ3v) is 2.98. The number of nitro groups is 1. The Kier molecular flexibility index (Phi) is 4.11. The van der Waals surface area contributed by atoms with Crippen LogP contribution in [-0.2, 0) is 0 Å². The van der Waals surface area contributed by atoms with Crippen molar-refractivity contribution in [1.29, 1.82) is 0 Å². The Hall–Kier alpha value is -2.57. The molecule has 0 spiro atoms. The molecule has 0 aliphatic heterocycles. The normalized spacial score (nSPS) is 12.0. The molecule has 7 heteroatoms. The molecule has 0 fully saturated rings. The van der Waals surface area contributed by atoms with E-state index in [1.165, 1.54) is 19.1 Å². The third kappa shape index (κ3) is 3.13. The van der Waals surface area contributed by atoms with Crippen LogP contribution in [0.2, 0.25) is 0 Å². The highest BCUT2D eigenvalue weighted by Gasteiger charge is 2.19. The summed E-state index contributed by atoms with van der Waals surface area (Å²) in [5.41, 5.74) is -0.454. The van der Waals surface area contributed by atoms with Crippen molar-refractivity contribution in [3.8, 4) is 0 Å². The quantitative estimate of drug-likeness (QED) is 0.680. The number of nitro benzene ring substituents is 1. The molecule has 4 nitrogen and oxygen atoms in total. The fourth-order valence-electron chi connectivity index (χ4n) is 1.95. The molecule has 2 aromatic carbocycles. The molecule has 0 saturated carbocycles. The van der Waals surface area contributed by atoms with Crippen molar-refractivity contribution in [1.82, 2.24) is 0 Å². The highest BCUT2D eigenvalue weighted by atomic mass is 19.2. The third-order valence-electron chi connectivity index (χ3n) is 2.98. The van der Waals surface area contributed by atoms with E-state index in [2.05, 4.69) is 5.32 Å². The monoisotopic (exact) mass is 296 g/mol. The zero-order valence-corrected chi connectivity index (χ0v) is 10.9. The lowest BCUT2D eigenvalue weighted by Gasteiger charge is -2.16. The Morgan fingerprint density at radius 3 is 2.57 bits per heavy atom. The van der Waals surface area contributed by atoms with Gasteiger partial charge in [0.25, 0.3) is 5.69 Å². The van der Waals surface area contributed by atoms with E-state index < -0.39 is 28.4 Å². The number of hydrogen-bond acceptors (Lipinski definition) is 3. The van der Waals surface area contributed by atoms with Crippen LogP contribution in [0.25, 0.3) is 0 Å². The average molecular weight is 296 g/mol. The summed E-state index contributed by atoms with van der Waals surface area (Å²) in [6.45, 7) is 1.49. The molecule has 2 aromatic rings. The zero-order chi connectivity index (χ0) is 15.6. The average Bonchev–Trinajstić information content (AvgIpc) is 2.41. The Morgan fingerprint density at radius 2 is 1.90 bits per heavy atom. The van der Waals surface area contributed by atoms with Crippen LogP contribution in [0.4, 0.5) is 24.5 Å². The van der Waals surface area contributed by atoms with Crippen LogP contribution < -0.4 is 5.32 Å². The van der Waals surface area contributed by atoms with Gasteiger partial charge >= 0.3 is 0 Å². The molecule has 0 aliphatic rings. The molecule has 1 N–H and O–H groups in total. The van der Waals surface area contributed by atoms with Gasteiger partial charge < -0.3 is 5.32 Å². The van der Waals surface area contributed by atoms with E-state index in [1.807, 2.05) is 0 Å². The maximum atomic E-state index is 13.7. The largest absolute Gasteiger partial charge is 0.373 e. The summed E-state index contributed by atoms with van der Waals surface area (Å²) in [5.74, 6) is -2.73. The smallest absolute Gasteiger partial charge is 0.292 e. The van der Waals surface area contributed by atoms with E-state index >= 15 is 0 Å². The Morgan fingerprint density at radius 1 is 1.19 bits per heavy atom. The van der Waals surface area contributed by atoms with Gasteiger partial charge in [-0.2, -0.15) is 0 Å². The van der Waals surface area contributed by atoms with Crippen LogP contribution in [0.15, 0.2) is 36.4 Å². The van der Waals surface area contributed by atoms with E-state index in [1.54, 1.807) is 0 Å². The Labute approximate surface area is 118 Å². The minimum Gasteiger partial charge on any atom is -0.373 e. The zero-order valence-electron chi connectivity index (χ0n) is 10.9. The van der Waals surface area contributed by atoms with Crippen LogP contribution in [0, 0.1) is 27.6 Å². The summed E-state index contributed by atoms with van der Waals surface area (Å²) >= 11 is 0. The SMILES string of the molecule is CC(Nc1cc(F)ccc1[N+](=O)[O-])c1cccc(F)c1F. The molecule has 0 amide bonds. The highest BCUT2D eigenvalue weighted by Crippen LogP contribution is 2.30. The molecule has 0 aliphatic carbocycles. The van der Waals surface area contributed by atoms with E-state index in [0.717, 1.165) is 24.3 Å².